The fourth-order valence-electron chi connectivity index (χ4n) is 2.01. The Hall–Kier alpha value is -1.13. The van der Waals surface area contributed by atoms with Gasteiger partial charge >= 0.3 is 0 Å². The van der Waals surface area contributed by atoms with Crippen molar-refractivity contribution in [2.75, 3.05) is 20.2 Å². The summed E-state index contributed by atoms with van der Waals surface area (Å²) < 4.78 is 18.5. The first-order chi connectivity index (χ1) is 8.12. The summed E-state index contributed by atoms with van der Waals surface area (Å²) in [7, 11) is 1.59. The van der Waals surface area contributed by atoms with Gasteiger partial charge in [0.05, 0.1) is 7.11 Å². The SMILES string of the molecule is COc1ccc(F)cc1C(C)CC(CN)CN. The largest absolute Gasteiger partial charge is 0.496 e. The molecule has 0 aromatic heterocycles. The molecule has 17 heavy (non-hydrogen) atoms. The van der Waals surface area contributed by atoms with Gasteiger partial charge < -0.3 is 16.2 Å². The predicted octanol–water partition coefficient (Wildman–Crippen LogP) is 1.86. The predicted molar refractivity (Wildman–Crippen MR) is 67.6 cm³/mol. The van der Waals surface area contributed by atoms with Gasteiger partial charge in [-0.1, -0.05) is 6.92 Å². The molecule has 0 aliphatic heterocycles. The van der Waals surface area contributed by atoms with Crippen molar-refractivity contribution in [1.82, 2.24) is 0 Å². The molecule has 0 aliphatic carbocycles. The van der Waals surface area contributed by atoms with Gasteiger partial charge in [0.25, 0.3) is 0 Å². The second-order valence-electron chi connectivity index (χ2n) is 4.36. The van der Waals surface area contributed by atoms with Crippen molar-refractivity contribution in [3.63, 3.8) is 0 Å². The van der Waals surface area contributed by atoms with Gasteiger partial charge in [0.15, 0.2) is 0 Å². The van der Waals surface area contributed by atoms with Gasteiger partial charge in [0.1, 0.15) is 11.6 Å². The maximum Gasteiger partial charge on any atom is 0.123 e. The van der Waals surface area contributed by atoms with Crippen LogP contribution in [0.3, 0.4) is 0 Å². The fourth-order valence-corrected chi connectivity index (χ4v) is 2.01. The second kappa shape index (κ2) is 6.57. The lowest BCUT2D eigenvalue weighted by Gasteiger charge is -2.20. The lowest BCUT2D eigenvalue weighted by atomic mass is 9.89. The molecule has 0 bridgehead atoms. The van der Waals surface area contributed by atoms with Gasteiger partial charge in [-0.3, -0.25) is 0 Å². The molecule has 1 rings (SSSR count). The summed E-state index contributed by atoms with van der Waals surface area (Å²) >= 11 is 0. The highest BCUT2D eigenvalue weighted by Crippen LogP contribution is 2.31. The van der Waals surface area contributed by atoms with Crippen LogP contribution in [0.4, 0.5) is 4.39 Å². The molecule has 4 N–H and O–H groups in total. The highest BCUT2D eigenvalue weighted by molar-refractivity contribution is 5.36. The van der Waals surface area contributed by atoms with E-state index in [1.807, 2.05) is 6.92 Å². The van der Waals surface area contributed by atoms with Crippen LogP contribution in [0.25, 0.3) is 0 Å². The van der Waals surface area contributed by atoms with E-state index >= 15 is 0 Å². The van der Waals surface area contributed by atoms with Crippen LogP contribution in [0.15, 0.2) is 18.2 Å². The number of rotatable bonds is 6. The number of benzene rings is 1. The van der Waals surface area contributed by atoms with Gasteiger partial charge in [0, 0.05) is 0 Å². The number of ether oxygens (including phenoxy) is 1. The van der Waals surface area contributed by atoms with Gasteiger partial charge in [-0.15, -0.1) is 0 Å². The van der Waals surface area contributed by atoms with E-state index in [9.17, 15) is 4.39 Å². The number of methoxy groups -OCH3 is 1. The van der Waals surface area contributed by atoms with Gasteiger partial charge in [-0.2, -0.15) is 0 Å². The lowest BCUT2D eigenvalue weighted by molar-refractivity contribution is 0.395. The van der Waals surface area contributed by atoms with E-state index in [0.717, 1.165) is 12.0 Å². The Kier molecular flexibility index (Phi) is 5.38. The van der Waals surface area contributed by atoms with Crippen molar-refractivity contribution in [3.8, 4) is 5.75 Å². The minimum Gasteiger partial charge on any atom is -0.496 e. The molecule has 1 atom stereocenters. The highest BCUT2D eigenvalue weighted by Gasteiger charge is 2.16. The number of nitrogens with two attached hydrogens (primary N) is 2. The van der Waals surface area contributed by atoms with Gasteiger partial charge in [0.2, 0.25) is 0 Å². The summed E-state index contributed by atoms with van der Waals surface area (Å²) in [6.07, 6.45) is 0.840. The fraction of sp³-hybridized carbons (Fsp3) is 0.538. The molecule has 0 fully saturated rings. The van der Waals surface area contributed by atoms with Crippen LogP contribution in [0, 0.1) is 11.7 Å². The van der Waals surface area contributed by atoms with Crippen LogP contribution in [0.2, 0.25) is 0 Å². The molecule has 1 aromatic carbocycles. The van der Waals surface area contributed by atoms with Crippen LogP contribution in [-0.2, 0) is 0 Å². The Morgan fingerprint density at radius 2 is 1.94 bits per heavy atom. The third kappa shape index (κ3) is 3.68. The molecule has 0 radical (unpaired) electrons. The molecule has 1 aromatic rings. The average molecular weight is 240 g/mol. The van der Waals surface area contributed by atoms with E-state index < -0.39 is 0 Å². The lowest BCUT2D eigenvalue weighted by Crippen LogP contribution is -2.24. The van der Waals surface area contributed by atoms with E-state index in [1.54, 1.807) is 13.2 Å². The Morgan fingerprint density at radius 1 is 1.29 bits per heavy atom. The first-order valence-corrected chi connectivity index (χ1v) is 5.85. The smallest absolute Gasteiger partial charge is 0.123 e. The van der Waals surface area contributed by atoms with Crippen molar-refractivity contribution < 1.29 is 9.13 Å². The average Bonchev–Trinajstić information content (AvgIpc) is 2.35. The molecule has 4 heteroatoms. The van der Waals surface area contributed by atoms with Gasteiger partial charge in [-0.25, -0.2) is 4.39 Å². The first-order valence-electron chi connectivity index (χ1n) is 5.85. The number of hydrogen-bond acceptors (Lipinski definition) is 3. The third-order valence-electron chi connectivity index (χ3n) is 3.08. The molecular weight excluding hydrogens is 219 g/mol. The number of hydrogen-bond donors (Lipinski definition) is 2. The Morgan fingerprint density at radius 3 is 2.47 bits per heavy atom. The van der Waals surface area contributed by atoms with Crippen molar-refractivity contribution >= 4 is 0 Å². The number of halogens is 1. The molecule has 0 amide bonds. The van der Waals surface area contributed by atoms with Crippen molar-refractivity contribution in [3.05, 3.63) is 29.6 Å². The second-order valence-corrected chi connectivity index (χ2v) is 4.36. The normalized spacial score (nSPS) is 12.8. The molecule has 1 unspecified atom stereocenters. The van der Waals surface area contributed by atoms with E-state index in [1.165, 1.54) is 12.1 Å². The van der Waals surface area contributed by atoms with Crippen LogP contribution in [-0.4, -0.2) is 20.2 Å². The minimum absolute atomic E-state index is 0.178. The maximum atomic E-state index is 13.2. The Labute approximate surface area is 102 Å². The van der Waals surface area contributed by atoms with Crippen LogP contribution in [0.5, 0.6) is 5.75 Å². The van der Waals surface area contributed by atoms with Crippen molar-refractivity contribution in [2.24, 2.45) is 17.4 Å². The Bertz CT molecular complexity index is 353. The molecule has 0 saturated heterocycles. The summed E-state index contributed by atoms with van der Waals surface area (Å²) in [5.41, 5.74) is 12.1. The zero-order valence-electron chi connectivity index (χ0n) is 10.4. The molecular formula is C13H21FN2O. The molecule has 0 heterocycles. The van der Waals surface area contributed by atoms with Crippen molar-refractivity contribution in [2.45, 2.75) is 19.3 Å². The minimum atomic E-state index is -0.246. The standard InChI is InChI=1S/C13H21FN2O/c1-9(5-10(7-15)8-16)12-6-11(14)3-4-13(12)17-2/h3-4,6,9-10H,5,7-8,15-16H2,1-2H3. The van der Waals surface area contributed by atoms with Crippen LogP contribution < -0.4 is 16.2 Å². The van der Waals surface area contributed by atoms with Gasteiger partial charge in [-0.05, 0) is 55.1 Å². The summed E-state index contributed by atoms with van der Waals surface area (Å²) in [6, 6.07) is 4.58. The zero-order chi connectivity index (χ0) is 12.8. The summed E-state index contributed by atoms with van der Waals surface area (Å²) in [5.74, 6) is 0.909. The molecule has 0 aliphatic rings. The quantitative estimate of drug-likeness (QED) is 0.798. The topological polar surface area (TPSA) is 61.3 Å². The zero-order valence-corrected chi connectivity index (χ0v) is 10.4. The summed E-state index contributed by atoms with van der Waals surface area (Å²) in [6.45, 7) is 3.15. The molecule has 96 valence electrons. The Balaban J connectivity index is 2.86. The monoisotopic (exact) mass is 240 g/mol. The molecule has 0 saturated carbocycles. The maximum absolute atomic E-state index is 13.2. The van der Waals surface area contributed by atoms with E-state index in [4.69, 9.17) is 16.2 Å². The molecule has 3 nitrogen and oxygen atoms in total. The first kappa shape index (κ1) is 13.9. The highest BCUT2D eigenvalue weighted by atomic mass is 19.1. The van der Waals surface area contributed by atoms with Crippen LogP contribution >= 0.6 is 0 Å². The van der Waals surface area contributed by atoms with Crippen LogP contribution in [0.1, 0.15) is 24.8 Å². The van der Waals surface area contributed by atoms with E-state index in [-0.39, 0.29) is 17.7 Å². The van der Waals surface area contributed by atoms with E-state index in [2.05, 4.69) is 0 Å². The molecule has 0 spiro atoms. The van der Waals surface area contributed by atoms with E-state index in [0.29, 0.717) is 18.8 Å². The van der Waals surface area contributed by atoms with Crippen molar-refractivity contribution in [1.29, 1.82) is 0 Å². The third-order valence-corrected chi connectivity index (χ3v) is 3.08. The summed E-state index contributed by atoms with van der Waals surface area (Å²) in [5, 5.41) is 0. The summed E-state index contributed by atoms with van der Waals surface area (Å²) in [4.78, 5) is 0.